The van der Waals surface area contributed by atoms with Gasteiger partial charge in [0.2, 0.25) is 0 Å². The third kappa shape index (κ3) is 3.43. The molecule has 1 aliphatic rings. The van der Waals surface area contributed by atoms with Gasteiger partial charge in [-0.2, -0.15) is 0 Å². The molecule has 0 spiro atoms. The van der Waals surface area contributed by atoms with Crippen molar-refractivity contribution in [2.24, 2.45) is 5.84 Å². The summed E-state index contributed by atoms with van der Waals surface area (Å²) in [6.07, 6.45) is 6.13. The number of hydrogen-bond donors (Lipinski definition) is 2. The molecule has 0 aromatic rings. The van der Waals surface area contributed by atoms with E-state index in [9.17, 15) is 4.79 Å². The highest BCUT2D eigenvalue weighted by molar-refractivity contribution is 5.81. The van der Waals surface area contributed by atoms with E-state index in [-0.39, 0.29) is 11.9 Å². The lowest BCUT2D eigenvalue weighted by molar-refractivity contribution is -0.129. The predicted molar refractivity (Wildman–Crippen MR) is 62.6 cm³/mol. The zero-order valence-electron chi connectivity index (χ0n) is 10.2. The summed E-state index contributed by atoms with van der Waals surface area (Å²) in [5.74, 6) is 5.02. The average Bonchev–Trinajstić information content (AvgIpc) is 2.35. The summed E-state index contributed by atoms with van der Waals surface area (Å²) in [5, 5.41) is 0. The molecule has 5 heteroatoms. The van der Waals surface area contributed by atoms with Crippen LogP contribution in [0.3, 0.4) is 0 Å². The third-order valence-electron chi connectivity index (χ3n) is 3.41. The van der Waals surface area contributed by atoms with E-state index in [2.05, 4.69) is 10.3 Å². The van der Waals surface area contributed by atoms with Crippen molar-refractivity contribution < 1.29 is 9.53 Å². The number of hydrogen-bond acceptors (Lipinski definition) is 4. The molecule has 16 heavy (non-hydrogen) atoms. The molecule has 1 atom stereocenters. The van der Waals surface area contributed by atoms with Crippen LogP contribution in [0.15, 0.2) is 0 Å². The minimum atomic E-state index is -0.280. The maximum atomic E-state index is 11.6. The molecule has 0 bridgehead atoms. The number of carbonyl (C=O) groups is 1. The number of amides is 1. The molecule has 1 unspecified atom stereocenters. The van der Waals surface area contributed by atoms with Gasteiger partial charge in [-0.25, -0.2) is 5.84 Å². The number of ether oxygens (including phenoxy) is 1. The summed E-state index contributed by atoms with van der Waals surface area (Å²) in [5.41, 5.74) is 2.21. The van der Waals surface area contributed by atoms with E-state index in [1.54, 1.807) is 7.11 Å². The first-order chi connectivity index (χ1) is 7.70. The highest BCUT2D eigenvalue weighted by Crippen LogP contribution is 2.23. The quantitative estimate of drug-likeness (QED) is 0.403. The molecular weight excluding hydrogens is 206 g/mol. The Labute approximate surface area is 97.3 Å². The smallest absolute Gasteiger partial charge is 0.253 e. The van der Waals surface area contributed by atoms with Gasteiger partial charge in [0.15, 0.2) is 0 Å². The Hall–Kier alpha value is -0.650. The second-order valence-electron chi connectivity index (χ2n) is 4.44. The van der Waals surface area contributed by atoms with E-state index in [4.69, 9.17) is 10.6 Å². The number of likely N-dealkylation sites (N-methyl/N-ethyl adjacent to an activating group) is 1. The van der Waals surface area contributed by atoms with E-state index < -0.39 is 0 Å². The van der Waals surface area contributed by atoms with E-state index in [0.717, 1.165) is 12.8 Å². The molecule has 1 saturated carbocycles. The Balaban J connectivity index is 2.57. The van der Waals surface area contributed by atoms with Gasteiger partial charge >= 0.3 is 0 Å². The van der Waals surface area contributed by atoms with Crippen LogP contribution in [-0.4, -0.2) is 43.7 Å². The predicted octanol–water partition coefficient (Wildman–Crippen LogP) is 0.256. The molecule has 1 aliphatic carbocycles. The average molecular weight is 229 g/mol. The summed E-state index contributed by atoms with van der Waals surface area (Å²) < 4.78 is 5.08. The van der Waals surface area contributed by atoms with Gasteiger partial charge in [0.1, 0.15) is 6.04 Å². The molecule has 0 heterocycles. The summed E-state index contributed by atoms with van der Waals surface area (Å²) in [6, 6.07) is 0.198. The van der Waals surface area contributed by atoms with Gasteiger partial charge in [-0.05, 0) is 19.9 Å². The van der Waals surface area contributed by atoms with Crippen LogP contribution >= 0.6 is 0 Å². The molecule has 0 saturated heterocycles. The summed E-state index contributed by atoms with van der Waals surface area (Å²) >= 11 is 0. The van der Waals surface area contributed by atoms with Gasteiger partial charge in [0.25, 0.3) is 5.91 Å². The third-order valence-corrected chi connectivity index (χ3v) is 3.41. The van der Waals surface area contributed by atoms with Crippen molar-refractivity contribution in [1.29, 1.82) is 0 Å². The van der Waals surface area contributed by atoms with Crippen molar-refractivity contribution in [2.75, 3.05) is 20.8 Å². The monoisotopic (exact) mass is 229 g/mol. The summed E-state index contributed by atoms with van der Waals surface area (Å²) in [6.45, 7) is 0.385. The Morgan fingerprint density at radius 1 is 1.50 bits per heavy atom. The standard InChI is InChI=1S/C11H23N3O2/c1-14(9-6-4-3-5-7-9)10(8-16-2)11(15)13-12/h9-10H,3-8,12H2,1-2H3,(H,13,15). The number of carbonyl (C=O) groups excluding carboxylic acids is 1. The minimum Gasteiger partial charge on any atom is -0.383 e. The first-order valence-corrected chi connectivity index (χ1v) is 5.92. The number of nitrogens with one attached hydrogen (secondary N) is 1. The first kappa shape index (κ1) is 13.4. The normalized spacial score (nSPS) is 19.8. The number of rotatable bonds is 5. The van der Waals surface area contributed by atoms with Crippen LogP contribution < -0.4 is 11.3 Å². The van der Waals surface area contributed by atoms with E-state index >= 15 is 0 Å². The molecule has 0 aromatic heterocycles. The first-order valence-electron chi connectivity index (χ1n) is 5.92. The molecule has 0 aromatic carbocycles. The molecule has 0 aliphatic heterocycles. The zero-order chi connectivity index (χ0) is 12.0. The van der Waals surface area contributed by atoms with Crippen molar-refractivity contribution in [3.8, 4) is 0 Å². The molecule has 1 amide bonds. The molecule has 5 nitrogen and oxygen atoms in total. The lowest BCUT2D eigenvalue weighted by atomic mass is 9.93. The van der Waals surface area contributed by atoms with Crippen LogP contribution in [0, 0.1) is 0 Å². The molecule has 3 N–H and O–H groups in total. The van der Waals surface area contributed by atoms with Crippen molar-refractivity contribution >= 4 is 5.91 Å². The molecule has 0 radical (unpaired) electrons. The number of hydrazine groups is 1. The largest absolute Gasteiger partial charge is 0.383 e. The van der Waals surface area contributed by atoms with Crippen molar-refractivity contribution in [2.45, 2.75) is 44.2 Å². The zero-order valence-corrected chi connectivity index (χ0v) is 10.2. The Bertz CT molecular complexity index is 217. The number of nitrogens with two attached hydrogens (primary N) is 1. The lowest BCUT2D eigenvalue weighted by Gasteiger charge is -2.35. The van der Waals surface area contributed by atoms with Gasteiger partial charge in [-0.1, -0.05) is 19.3 Å². The fraction of sp³-hybridized carbons (Fsp3) is 0.909. The van der Waals surface area contributed by atoms with Crippen molar-refractivity contribution in [3.63, 3.8) is 0 Å². The van der Waals surface area contributed by atoms with Gasteiger partial charge in [-0.15, -0.1) is 0 Å². The van der Waals surface area contributed by atoms with Crippen LogP contribution in [0.4, 0.5) is 0 Å². The van der Waals surface area contributed by atoms with E-state index in [1.807, 2.05) is 7.05 Å². The van der Waals surface area contributed by atoms with Crippen LogP contribution in [0.5, 0.6) is 0 Å². The highest BCUT2D eigenvalue weighted by atomic mass is 16.5. The SMILES string of the molecule is COCC(C(=O)NN)N(C)C1CCCCC1. The van der Waals surface area contributed by atoms with Crippen LogP contribution in [0.25, 0.3) is 0 Å². The maximum absolute atomic E-state index is 11.6. The second kappa shape index (κ2) is 6.83. The second-order valence-corrected chi connectivity index (χ2v) is 4.44. The van der Waals surface area contributed by atoms with Crippen LogP contribution in [-0.2, 0) is 9.53 Å². The highest BCUT2D eigenvalue weighted by Gasteiger charge is 2.28. The van der Waals surface area contributed by atoms with Gasteiger partial charge in [-0.3, -0.25) is 15.1 Å². The van der Waals surface area contributed by atoms with Gasteiger partial charge in [0.05, 0.1) is 6.61 Å². The topological polar surface area (TPSA) is 67.6 Å². The van der Waals surface area contributed by atoms with Crippen LogP contribution in [0.2, 0.25) is 0 Å². The van der Waals surface area contributed by atoms with Crippen molar-refractivity contribution in [1.82, 2.24) is 10.3 Å². The molecular formula is C11H23N3O2. The van der Waals surface area contributed by atoms with Crippen LogP contribution in [0.1, 0.15) is 32.1 Å². The maximum Gasteiger partial charge on any atom is 0.253 e. The van der Waals surface area contributed by atoms with Gasteiger partial charge < -0.3 is 4.74 Å². The molecule has 94 valence electrons. The molecule has 1 fully saturated rings. The molecule has 1 rings (SSSR count). The number of methoxy groups -OCH3 is 1. The van der Waals surface area contributed by atoms with Crippen molar-refractivity contribution in [3.05, 3.63) is 0 Å². The minimum absolute atomic E-state index is 0.171. The summed E-state index contributed by atoms with van der Waals surface area (Å²) in [4.78, 5) is 13.7. The fourth-order valence-electron chi connectivity index (χ4n) is 2.38. The number of nitrogens with zero attached hydrogens (tertiary/aromatic N) is 1. The lowest BCUT2D eigenvalue weighted by Crippen LogP contribution is -2.53. The van der Waals surface area contributed by atoms with E-state index in [0.29, 0.717) is 12.6 Å². The van der Waals surface area contributed by atoms with E-state index in [1.165, 1.54) is 19.3 Å². The fourth-order valence-corrected chi connectivity index (χ4v) is 2.38. The Morgan fingerprint density at radius 2 is 2.12 bits per heavy atom. The van der Waals surface area contributed by atoms with Gasteiger partial charge in [0, 0.05) is 13.2 Å². The Kier molecular flexibility index (Phi) is 5.73. The summed E-state index contributed by atoms with van der Waals surface area (Å²) in [7, 11) is 3.58. The Morgan fingerprint density at radius 3 is 2.62 bits per heavy atom.